The van der Waals surface area contributed by atoms with Crippen LogP contribution in [0.15, 0.2) is 5.38 Å². The topological polar surface area (TPSA) is 68.0 Å². The summed E-state index contributed by atoms with van der Waals surface area (Å²) in [5.41, 5.74) is 6.49. The lowest BCUT2D eigenvalue weighted by Crippen LogP contribution is -2.44. The third kappa shape index (κ3) is 3.26. The van der Waals surface area contributed by atoms with Crippen LogP contribution in [-0.2, 0) is 11.3 Å². The fourth-order valence-electron chi connectivity index (χ4n) is 2.44. The molecule has 0 radical (unpaired) electrons. The average molecular weight is 253 g/mol. The van der Waals surface area contributed by atoms with Crippen molar-refractivity contribution in [3.8, 4) is 0 Å². The standard InChI is InChI=1S/C12H19N3OS/c1-8-15-9(7-17-8)6-14-11-5-3-2-4-10(11)12(13)16/h7,10-11,14H,2-6H2,1H3,(H2,13,16)/t10-,11-/m0/s1. The van der Waals surface area contributed by atoms with Crippen molar-refractivity contribution in [1.82, 2.24) is 10.3 Å². The van der Waals surface area contributed by atoms with E-state index in [1.54, 1.807) is 11.3 Å². The second-order valence-electron chi connectivity index (χ2n) is 4.64. The number of rotatable bonds is 4. The molecule has 0 spiro atoms. The van der Waals surface area contributed by atoms with Crippen LogP contribution in [0.3, 0.4) is 0 Å². The van der Waals surface area contributed by atoms with E-state index in [-0.39, 0.29) is 17.9 Å². The van der Waals surface area contributed by atoms with Gasteiger partial charge in [-0.15, -0.1) is 11.3 Å². The van der Waals surface area contributed by atoms with Gasteiger partial charge in [0.05, 0.1) is 16.6 Å². The van der Waals surface area contributed by atoms with Crippen LogP contribution in [0.1, 0.15) is 36.4 Å². The Balaban J connectivity index is 1.90. The van der Waals surface area contributed by atoms with Crippen LogP contribution in [0.4, 0.5) is 0 Å². The Bertz CT molecular complexity index is 391. The van der Waals surface area contributed by atoms with Crippen LogP contribution in [0.25, 0.3) is 0 Å². The summed E-state index contributed by atoms with van der Waals surface area (Å²) in [6, 6.07) is 0.225. The minimum atomic E-state index is -0.170. The lowest BCUT2D eigenvalue weighted by atomic mass is 9.84. The molecule has 17 heavy (non-hydrogen) atoms. The van der Waals surface area contributed by atoms with Crippen molar-refractivity contribution < 1.29 is 4.79 Å². The Labute approximate surface area is 106 Å². The summed E-state index contributed by atoms with van der Waals surface area (Å²) in [5.74, 6) is -0.180. The maximum atomic E-state index is 11.3. The van der Waals surface area contributed by atoms with E-state index in [1.165, 1.54) is 6.42 Å². The number of amides is 1. The summed E-state index contributed by atoms with van der Waals surface area (Å²) >= 11 is 1.66. The number of primary amides is 1. The molecule has 1 aromatic heterocycles. The minimum Gasteiger partial charge on any atom is -0.369 e. The molecular formula is C12H19N3OS. The van der Waals surface area contributed by atoms with Gasteiger partial charge in [-0.25, -0.2) is 4.98 Å². The first-order valence-corrected chi connectivity index (χ1v) is 6.98. The zero-order chi connectivity index (χ0) is 12.3. The molecule has 3 N–H and O–H groups in total. The molecule has 5 heteroatoms. The first-order valence-electron chi connectivity index (χ1n) is 6.10. The molecule has 1 amide bonds. The lowest BCUT2D eigenvalue weighted by Gasteiger charge is -2.29. The van der Waals surface area contributed by atoms with Crippen LogP contribution >= 0.6 is 11.3 Å². The van der Waals surface area contributed by atoms with Gasteiger partial charge in [-0.1, -0.05) is 12.8 Å². The number of carbonyl (C=O) groups is 1. The van der Waals surface area contributed by atoms with Crippen molar-refractivity contribution in [2.75, 3.05) is 0 Å². The lowest BCUT2D eigenvalue weighted by molar-refractivity contribution is -0.123. The largest absolute Gasteiger partial charge is 0.369 e. The summed E-state index contributed by atoms with van der Waals surface area (Å²) < 4.78 is 0. The van der Waals surface area contributed by atoms with Gasteiger partial charge in [0.2, 0.25) is 5.91 Å². The molecule has 1 heterocycles. The maximum absolute atomic E-state index is 11.3. The van der Waals surface area contributed by atoms with Gasteiger partial charge in [0.15, 0.2) is 0 Å². The van der Waals surface area contributed by atoms with E-state index in [0.29, 0.717) is 0 Å². The Hall–Kier alpha value is -0.940. The zero-order valence-electron chi connectivity index (χ0n) is 10.1. The molecule has 1 saturated carbocycles. The molecule has 0 aromatic carbocycles. The maximum Gasteiger partial charge on any atom is 0.222 e. The molecule has 94 valence electrons. The van der Waals surface area contributed by atoms with Crippen molar-refractivity contribution in [3.05, 3.63) is 16.1 Å². The normalized spacial score (nSPS) is 24.8. The van der Waals surface area contributed by atoms with Crippen molar-refractivity contribution in [1.29, 1.82) is 0 Å². The molecule has 0 unspecified atom stereocenters. The van der Waals surface area contributed by atoms with Gasteiger partial charge in [0, 0.05) is 18.0 Å². The van der Waals surface area contributed by atoms with Crippen molar-refractivity contribution >= 4 is 17.2 Å². The Morgan fingerprint density at radius 1 is 1.59 bits per heavy atom. The molecule has 1 fully saturated rings. The average Bonchev–Trinajstić information content (AvgIpc) is 2.73. The molecule has 1 aliphatic carbocycles. The van der Waals surface area contributed by atoms with Crippen LogP contribution in [0, 0.1) is 12.8 Å². The summed E-state index contributed by atoms with van der Waals surface area (Å²) in [4.78, 5) is 15.8. The molecule has 2 rings (SSSR count). The SMILES string of the molecule is Cc1nc(CN[C@H]2CCCC[C@@H]2C(N)=O)cs1. The van der Waals surface area contributed by atoms with Gasteiger partial charge in [-0.2, -0.15) is 0 Å². The fraction of sp³-hybridized carbons (Fsp3) is 0.667. The molecule has 0 saturated heterocycles. The number of aromatic nitrogens is 1. The number of hydrogen-bond donors (Lipinski definition) is 2. The fourth-order valence-corrected chi connectivity index (χ4v) is 3.05. The second kappa shape index (κ2) is 5.60. The van der Waals surface area contributed by atoms with Crippen LogP contribution < -0.4 is 11.1 Å². The number of hydrogen-bond acceptors (Lipinski definition) is 4. The monoisotopic (exact) mass is 253 g/mol. The zero-order valence-corrected chi connectivity index (χ0v) is 10.9. The highest BCUT2D eigenvalue weighted by Crippen LogP contribution is 2.24. The third-order valence-electron chi connectivity index (χ3n) is 3.34. The van der Waals surface area contributed by atoms with E-state index >= 15 is 0 Å². The Morgan fingerprint density at radius 2 is 2.35 bits per heavy atom. The summed E-state index contributed by atoms with van der Waals surface area (Å²) in [6.45, 7) is 2.74. The van der Waals surface area contributed by atoms with E-state index in [1.807, 2.05) is 6.92 Å². The van der Waals surface area contributed by atoms with E-state index in [0.717, 1.165) is 36.5 Å². The predicted molar refractivity (Wildman–Crippen MR) is 68.6 cm³/mol. The highest BCUT2D eigenvalue weighted by atomic mass is 32.1. The van der Waals surface area contributed by atoms with E-state index in [4.69, 9.17) is 5.73 Å². The van der Waals surface area contributed by atoms with Crippen molar-refractivity contribution in [2.24, 2.45) is 11.7 Å². The van der Waals surface area contributed by atoms with Crippen molar-refractivity contribution in [3.63, 3.8) is 0 Å². The molecule has 2 atom stereocenters. The number of nitrogens with two attached hydrogens (primary N) is 1. The molecular weight excluding hydrogens is 234 g/mol. The Morgan fingerprint density at radius 3 is 3.00 bits per heavy atom. The van der Waals surface area contributed by atoms with Gasteiger partial charge in [-0.3, -0.25) is 4.79 Å². The first-order chi connectivity index (χ1) is 8.16. The molecule has 0 aliphatic heterocycles. The van der Waals surface area contributed by atoms with E-state index < -0.39 is 0 Å². The van der Waals surface area contributed by atoms with Gasteiger partial charge in [-0.05, 0) is 19.8 Å². The summed E-state index contributed by atoms with van der Waals surface area (Å²) in [7, 11) is 0. The minimum absolute atomic E-state index is 0.0107. The second-order valence-corrected chi connectivity index (χ2v) is 5.70. The summed E-state index contributed by atoms with van der Waals surface area (Å²) in [6.07, 6.45) is 4.25. The van der Waals surface area contributed by atoms with E-state index in [2.05, 4.69) is 15.7 Å². The predicted octanol–water partition coefficient (Wildman–Crippen LogP) is 1.59. The quantitative estimate of drug-likeness (QED) is 0.856. The first kappa shape index (κ1) is 12.5. The van der Waals surface area contributed by atoms with Gasteiger partial charge < -0.3 is 11.1 Å². The molecule has 1 aromatic rings. The van der Waals surface area contributed by atoms with Gasteiger partial charge in [0.25, 0.3) is 0 Å². The molecule has 4 nitrogen and oxygen atoms in total. The van der Waals surface area contributed by atoms with Crippen LogP contribution in [0.5, 0.6) is 0 Å². The van der Waals surface area contributed by atoms with Crippen LogP contribution in [-0.4, -0.2) is 16.9 Å². The highest BCUT2D eigenvalue weighted by molar-refractivity contribution is 7.09. The Kier molecular flexibility index (Phi) is 4.12. The molecule has 1 aliphatic rings. The van der Waals surface area contributed by atoms with Crippen LogP contribution in [0.2, 0.25) is 0 Å². The smallest absolute Gasteiger partial charge is 0.222 e. The number of nitrogens with zero attached hydrogens (tertiary/aromatic N) is 1. The van der Waals surface area contributed by atoms with Crippen molar-refractivity contribution in [2.45, 2.75) is 45.2 Å². The van der Waals surface area contributed by atoms with Gasteiger partial charge in [0.1, 0.15) is 0 Å². The number of carbonyl (C=O) groups excluding carboxylic acids is 1. The van der Waals surface area contributed by atoms with Gasteiger partial charge >= 0.3 is 0 Å². The number of thiazole rings is 1. The summed E-state index contributed by atoms with van der Waals surface area (Å²) in [5, 5.41) is 6.57. The highest BCUT2D eigenvalue weighted by Gasteiger charge is 2.28. The number of aryl methyl sites for hydroxylation is 1. The number of nitrogens with one attached hydrogen (secondary N) is 1. The third-order valence-corrected chi connectivity index (χ3v) is 4.17. The van der Waals surface area contributed by atoms with E-state index in [9.17, 15) is 4.79 Å². The molecule has 0 bridgehead atoms.